The first-order valence-electron chi connectivity index (χ1n) is 7.39. The van der Waals surface area contributed by atoms with Gasteiger partial charge in [0.2, 0.25) is 0 Å². The molecule has 0 fully saturated rings. The van der Waals surface area contributed by atoms with Crippen molar-refractivity contribution < 1.29 is 4.79 Å². The van der Waals surface area contributed by atoms with E-state index in [-0.39, 0.29) is 5.91 Å². The minimum atomic E-state index is -0.167. The third-order valence-corrected chi connectivity index (χ3v) is 3.83. The van der Waals surface area contributed by atoms with E-state index >= 15 is 0 Å². The predicted molar refractivity (Wildman–Crippen MR) is 90.0 cm³/mol. The van der Waals surface area contributed by atoms with E-state index in [0.717, 1.165) is 28.5 Å². The molecule has 0 spiro atoms. The fraction of sp³-hybridized carbons (Fsp3) is 0.167. The van der Waals surface area contributed by atoms with E-state index in [1.54, 1.807) is 18.6 Å². The molecule has 5 nitrogen and oxygen atoms in total. The van der Waals surface area contributed by atoms with Crippen molar-refractivity contribution >= 4 is 11.6 Å². The van der Waals surface area contributed by atoms with Gasteiger partial charge in [-0.3, -0.25) is 9.78 Å². The van der Waals surface area contributed by atoms with Gasteiger partial charge in [-0.15, -0.1) is 0 Å². The Morgan fingerprint density at radius 3 is 2.30 bits per heavy atom. The Kier molecular flexibility index (Phi) is 3.93. The van der Waals surface area contributed by atoms with Crippen molar-refractivity contribution in [2.45, 2.75) is 20.8 Å². The van der Waals surface area contributed by atoms with Crippen LogP contribution < -0.4 is 5.32 Å². The van der Waals surface area contributed by atoms with Crippen molar-refractivity contribution in [2.24, 2.45) is 0 Å². The maximum absolute atomic E-state index is 12.2. The number of aryl methyl sites for hydroxylation is 2. The minimum absolute atomic E-state index is 0.167. The fourth-order valence-electron chi connectivity index (χ4n) is 2.27. The van der Waals surface area contributed by atoms with Gasteiger partial charge in [0.15, 0.2) is 0 Å². The maximum atomic E-state index is 12.2. The number of carbonyl (C=O) groups is 1. The van der Waals surface area contributed by atoms with E-state index in [1.165, 1.54) is 0 Å². The van der Waals surface area contributed by atoms with E-state index in [0.29, 0.717) is 5.56 Å². The summed E-state index contributed by atoms with van der Waals surface area (Å²) < 4.78 is 2.02. The minimum Gasteiger partial charge on any atom is -0.322 e. The van der Waals surface area contributed by atoms with Crippen LogP contribution in [0.15, 0.2) is 48.9 Å². The molecule has 1 amide bonds. The number of nitrogens with one attached hydrogen (secondary N) is 1. The zero-order valence-electron chi connectivity index (χ0n) is 13.4. The second kappa shape index (κ2) is 6.04. The van der Waals surface area contributed by atoms with Crippen molar-refractivity contribution in [3.05, 3.63) is 71.6 Å². The summed E-state index contributed by atoms with van der Waals surface area (Å²) >= 11 is 0. The Bertz CT molecular complexity index is 832. The highest BCUT2D eigenvalue weighted by Crippen LogP contribution is 2.17. The van der Waals surface area contributed by atoms with E-state index < -0.39 is 0 Å². The number of carbonyl (C=O) groups excluding carboxylic acids is 1. The Balaban J connectivity index is 1.76. The second-order valence-corrected chi connectivity index (χ2v) is 5.47. The molecule has 5 heteroatoms. The summed E-state index contributed by atoms with van der Waals surface area (Å²) in [6.07, 6.45) is 3.38. The van der Waals surface area contributed by atoms with Crippen LogP contribution in [0.2, 0.25) is 0 Å². The first-order valence-corrected chi connectivity index (χ1v) is 7.39. The molecule has 23 heavy (non-hydrogen) atoms. The smallest absolute Gasteiger partial charge is 0.257 e. The molecule has 116 valence electrons. The van der Waals surface area contributed by atoms with Crippen LogP contribution in [0.25, 0.3) is 5.69 Å². The third-order valence-electron chi connectivity index (χ3n) is 3.83. The van der Waals surface area contributed by atoms with Gasteiger partial charge >= 0.3 is 0 Å². The molecule has 0 aliphatic carbocycles. The zero-order chi connectivity index (χ0) is 16.4. The van der Waals surface area contributed by atoms with E-state index in [2.05, 4.69) is 15.3 Å². The monoisotopic (exact) mass is 306 g/mol. The van der Waals surface area contributed by atoms with Crippen LogP contribution in [0, 0.1) is 20.8 Å². The normalized spacial score (nSPS) is 10.6. The van der Waals surface area contributed by atoms with Gasteiger partial charge in [-0.1, -0.05) is 0 Å². The van der Waals surface area contributed by atoms with E-state index in [4.69, 9.17) is 0 Å². The number of aromatic nitrogens is 3. The summed E-state index contributed by atoms with van der Waals surface area (Å²) in [5.74, 6) is -0.167. The summed E-state index contributed by atoms with van der Waals surface area (Å²) in [5.41, 5.74) is 5.30. The van der Waals surface area contributed by atoms with Gasteiger partial charge in [-0.2, -0.15) is 0 Å². The summed E-state index contributed by atoms with van der Waals surface area (Å²) in [7, 11) is 0. The fourth-order valence-corrected chi connectivity index (χ4v) is 2.27. The largest absolute Gasteiger partial charge is 0.322 e. The van der Waals surface area contributed by atoms with Crippen molar-refractivity contribution in [3.63, 3.8) is 0 Å². The molecule has 3 rings (SSSR count). The SMILES string of the molecule is Cc1ccc(C(=O)Nc2ccc(-n3cnc(C)c3C)cc2)cn1. The second-order valence-electron chi connectivity index (χ2n) is 5.47. The number of benzene rings is 1. The number of hydrogen-bond donors (Lipinski definition) is 1. The Hall–Kier alpha value is -2.95. The lowest BCUT2D eigenvalue weighted by molar-refractivity contribution is 0.102. The molecular formula is C18H18N4O. The molecule has 0 saturated heterocycles. The van der Waals surface area contributed by atoms with Gasteiger partial charge in [0, 0.05) is 29.0 Å². The van der Waals surface area contributed by atoms with Crippen LogP contribution in [-0.2, 0) is 0 Å². The molecule has 0 saturated carbocycles. The number of amides is 1. The summed E-state index contributed by atoms with van der Waals surface area (Å²) in [4.78, 5) is 20.6. The zero-order valence-corrected chi connectivity index (χ0v) is 13.4. The van der Waals surface area contributed by atoms with Crippen molar-refractivity contribution in [1.29, 1.82) is 0 Å². The lowest BCUT2D eigenvalue weighted by Crippen LogP contribution is -2.12. The van der Waals surface area contributed by atoms with Crippen LogP contribution in [0.4, 0.5) is 5.69 Å². The molecule has 1 aromatic carbocycles. The van der Waals surface area contributed by atoms with Gasteiger partial charge < -0.3 is 9.88 Å². The van der Waals surface area contributed by atoms with Crippen LogP contribution in [-0.4, -0.2) is 20.4 Å². The molecule has 0 bridgehead atoms. The summed E-state index contributed by atoms with van der Waals surface area (Å²) in [6, 6.07) is 11.3. The number of hydrogen-bond acceptors (Lipinski definition) is 3. The Morgan fingerprint density at radius 1 is 1.00 bits per heavy atom. The molecule has 3 aromatic rings. The van der Waals surface area contributed by atoms with Crippen LogP contribution in [0.5, 0.6) is 0 Å². The topological polar surface area (TPSA) is 59.8 Å². The first-order chi connectivity index (χ1) is 11.0. The molecule has 0 radical (unpaired) electrons. The summed E-state index contributed by atoms with van der Waals surface area (Å²) in [6.45, 7) is 5.90. The Morgan fingerprint density at radius 2 is 1.74 bits per heavy atom. The lowest BCUT2D eigenvalue weighted by atomic mass is 10.2. The van der Waals surface area contributed by atoms with Gasteiger partial charge in [-0.25, -0.2) is 4.98 Å². The highest BCUT2D eigenvalue weighted by molar-refractivity contribution is 6.04. The number of rotatable bonds is 3. The van der Waals surface area contributed by atoms with Crippen LogP contribution in [0.1, 0.15) is 27.4 Å². The van der Waals surface area contributed by atoms with Crippen LogP contribution in [0.3, 0.4) is 0 Å². The van der Waals surface area contributed by atoms with Gasteiger partial charge in [-0.05, 0) is 57.2 Å². The van der Waals surface area contributed by atoms with Gasteiger partial charge in [0.25, 0.3) is 5.91 Å². The maximum Gasteiger partial charge on any atom is 0.257 e. The molecule has 1 N–H and O–H groups in total. The highest BCUT2D eigenvalue weighted by Gasteiger charge is 2.07. The molecule has 0 aliphatic rings. The van der Waals surface area contributed by atoms with E-state index in [1.807, 2.05) is 55.7 Å². The van der Waals surface area contributed by atoms with Gasteiger partial charge in [0.05, 0.1) is 17.6 Å². The number of pyridine rings is 1. The average molecular weight is 306 g/mol. The summed E-state index contributed by atoms with van der Waals surface area (Å²) in [5, 5.41) is 2.87. The quantitative estimate of drug-likeness (QED) is 0.806. The van der Waals surface area contributed by atoms with E-state index in [9.17, 15) is 4.79 Å². The number of anilines is 1. The lowest BCUT2D eigenvalue weighted by Gasteiger charge is -2.08. The third kappa shape index (κ3) is 3.13. The number of imidazole rings is 1. The molecule has 2 aromatic heterocycles. The molecular weight excluding hydrogens is 288 g/mol. The average Bonchev–Trinajstić information content (AvgIpc) is 2.88. The number of nitrogens with zero attached hydrogens (tertiary/aromatic N) is 3. The molecule has 0 atom stereocenters. The van der Waals surface area contributed by atoms with Gasteiger partial charge in [0.1, 0.15) is 0 Å². The predicted octanol–water partition coefficient (Wildman–Crippen LogP) is 3.44. The molecule has 2 heterocycles. The van der Waals surface area contributed by atoms with Crippen LogP contribution >= 0.6 is 0 Å². The van der Waals surface area contributed by atoms with Crippen molar-refractivity contribution in [3.8, 4) is 5.69 Å². The first kappa shape index (κ1) is 15.0. The standard InChI is InChI=1S/C18H18N4O/c1-12-4-5-15(10-19-12)18(23)21-16-6-8-17(9-7-16)22-11-20-13(2)14(22)3/h4-11H,1-3H3,(H,21,23). The molecule has 0 aliphatic heterocycles. The Labute approximate surface area is 135 Å². The highest BCUT2D eigenvalue weighted by atomic mass is 16.1. The molecule has 0 unspecified atom stereocenters. The van der Waals surface area contributed by atoms with Crippen molar-refractivity contribution in [1.82, 2.24) is 14.5 Å². The van der Waals surface area contributed by atoms with Crippen molar-refractivity contribution in [2.75, 3.05) is 5.32 Å².